The Balaban J connectivity index is 1.84. The van der Waals surface area contributed by atoms with Gasteiger partial charge in [-0.05, 0) is 49.2 Å². The Morgan fingerprint density at radius 1 is 0.750 bits per heavy atom. The molecule has 0 aromatic heterocycles. The van der Waals surface area contributed by atoms with E-state index in [1.807, 2.05) is 50.2 Å². The van der Waals surface area contributed by atoms with Gasteiger partial charge in [-0.3, -0.25) is 0 Å². The summed E-state index contributed by atoms with van der Waals surface area (Å²) in [5.41, 5.74) is 15.2. The van der Waals surface area contributed by atoms with E-state index in [2.05, 4.69) is 0 Å². The van der Waals surface area contributed by atoms with E-state index >= 15 is 0 Å². The molecule has 20 heavy (non-hydrogen) atoms. The lowest BCUT2D eigenvalue weighted by Crippen LogP contribution is -2.10. The number of benzene rings is 2. The van der Waals surface area contributed by atoms with Crippen molar-refractivity contribution in [3.63, 3.8) is 0 Å². The smallest absolute Gasteiger partial charge is 0.142 e. The molecule has 0 saturated carbocycles. The zero-order valence-corrected chi connectivity index (χ0v) is 11.8. The predicted molar refractivity (Wildman–Crippen MR) is 82.2 cm³/mol. The van der Waals surface area contributed by atoms with E-state index in [4.69, 9.17) is 20.9 Å². The van der Waals surface area contributed by atoms with Crippen molar-refractivity contribution >= 4 is 11.4 Å². The molecule has 0 aliphatic rings. The van der Waals surface area contributed by atoms with Crippen LogP contribution in [0, 0.1) is 13.8 Å². The first-order valence-corrected chi connectivity index (χ1v) is 6.54. The first-order chi connectivity index (χ1) is 9.56. The fraction of sp³-hybridized carbons (Fsp3) is 0.250. The lowest BCUT2D eigenvalue weighted by molar-refractivity contribution is 0.218. The molecular formula is C16H20N2O2. The molecule has 0 atom stereocenters. The Kier molecular flexibility index (Phi) is 4.35. The first-order valence-electron chi connectivity index (χ1n) is 6.54. The van der Waals surface area contributed by atoms with Gasteiger partial charge in [0.25, 0.3) is 0 Å². The highest BCUT2D eigenvalue weighted by Crippen LogP contribution is 2.23. The highest BCUT2D eigenvalue weighted by atomic mass is 16.5. The molecule has 2 rings (SSSR count). The number of aryl methyl sites for hydroxylation is 2. The number of rotatable bonds is 5. The largest absolute Gasteiger partial charge is 0.488 e. The van der Waals surface area contributed by atoms with Crippen LogP contribution >= 0.6 is 0 Å². The van der Waals surface area contributed by atoms with Crippen molar-refractivity contribution < 1.29 is 9.47 Å². The number of hydrogen-bond acceptors (Lipinski definition) is 4. The van der Waals surface area contributed by atoms with E-state index in [1.54, 1.807) is 0 Å². The summed E-state index contributed by atoms with van der Waals surface area (Å²) in [5, 5.41) is 0. The van der Waals surface area contributed by atoms with Crippen LogP contribution < -0.4 is 20.9 Å². The topological polar surface area (TPSA) is 70.5 Å². The molecule has 106 valence electrons. The van der Waals surface area contributed by atoms with Crippen LogP contribution in [0.5, 0.6) is 11.5 Å². The number of anilines is 2. The maximum absolute atomic E-state index is 5.87. The van der Waals surface area contributed by atoms with Gasteiger partial charge in [-0.25, -0.2) is 0 Å². The van der Waals surface area contributed by atoms with Gasteiger partial charge >= 0.3 is 0 Å². The summed E-state index contributed by atoms with van der Waals surface area (Å²) < 4.78 is 11.2. The standard InChI is InChI=1S/C16H20N2O2/c1-11-3-5-15(13(17)9-11)19-7-8-20-16-6-4-12(2)10-14(16)18/h3-6,9-10H,7-8,17-18H2,1-2H3. The molecule has 2 aromatic carbocycles. The van der Waals surface area contributed by atoms with Crippen LogP contribution in [0.2, 0.25) is 0 Å². The highest BCUT2D eigenvalue weighted by molar-refractivity contribution is 5.54. The molecule has 0 saturated heterocycles. The zero-order chi connectivity index (χ0) is 14.5. The van der Waals surface area contributed by atoms with E-state index in [1.165, 1.54) is 0 Å². The molecule has 0 spiro atoms. The second-order valence-electron chi connectivity index (χ2n) is 4.78. The quantitative estimate of drug-likeness (QED) is 0.648. The minimum Gasteiger partial charge on any atom is -0.488 e. The summed E-state index contributed by atoms with van der Waals surface area (Å²) in [6.45, 7) is 4.81. The van der Waals surface area contributed by atoms with Crippen LogP contribution in [-0.2, 0) is 0 Å². The third-order valence-corrected chi connectivity index (χ3v) is 2.93. The van der Waals surface area contributed by atoms with Crippen LogP contribution in [0.1, 0.15) is 11.1 Å². The normalized spacial score (nSPS) is 10.3. The molecule has 0 bridgehead atoms. The number of nitrogens with two attached hydrogens (primary N) is 2. The summed E-state index contributed by atoms with van der Waals surface area (Å²) in [4.78, 5) is 0. The summed E-state index contributed by atoms with van der Waals surface area (Å²) >= 11 is 0. The Morgan fingerprint density at radius 3 is 1.50 bits per heavy atom. The van der Waals surface area contributed by atoms with E-state index in [0.717, 1.165) is 11.1 Å². The lowest BCUT2D eigenvalue weighted by Gasteiger charge is -2.12. The van der Waals surface area contributed by atoms with Gasteiger partial charge in [0.2, 0.25) is 0 Å². The number of nitrogen functional groups attached to an aromatic ring is 2. The third-order valence-electron chi connectivity index (χ3n) is 2.93. The Labute approximate surface area is 119 Å². The minimum atomic E-state index is 0.417. The summed E-state index contributed by atoms with van der Waals surface area (Å²) in [6.07, 6.45) is 0. The number of ether oxygens (including phenoxy) is 2. The van der Waals surface area contributed by atoms with Crippen molar-refractivity contribution in [1.29, 1.82) is 0 Å². The van der Waals surface area contributed by atoms with Crippen LogP contribution in [0.4, 0.5) is 11.4 Å². The van der Waals surface area contributed by atoms with E-state index < -0.39 is 0 Å². The van der Waals surface area contributed by atoms with E-state index in [0.29, 0.717) is 36.1 Å². The molecule has 2 aromatic rings. The molecule has 0 radical (unpaired) electrons. The van der Waals surface area contributed by atoms with Gasteiger partial charge in [-0.1, -0.05) is 12.1 Å². The molecule has 4 heteroatoms. The molecule has 4 nitrogen and oxygen atoms in total. The molecular weight excluding hydrogens is 252 g/mol. The first kappa shape index (κ1) is 14.1. The Morgan fingerprint density at radius 2 is 1.15 bits per heavy atom. The van der Waals surface area contributed by atoms with Crippen LogP contribution in [0.25, 0.3) is 0 Å². The molecule has 0 unspecified atom stereocenters. The van der Waals surface area contributed by atoms with E-state index in [-0.39, 0.29) is 0 Å². The van der Waals surface area contributed by atoms with Gasteiger partial charge in [0.1, 0.15) is 24.7 Å². The molecule has 0 aliphatic carbocycles. The summed E-state index contributed by atoms with van der Waals surface area (Å²) in [6, 6.07) is 11.4. The fourth-order valence-corrected chi connectivity index (χ4v) is 1.90. The minimum absolute atomic E-state index is 0.417. The molecule has 4 N–H and O–H groups in total. The lowest BCUT2D eigenvalue weighted by atomic mass is 10.2. The molecule has 0 aliphatic heterocycles. The summed E-state index contributed by atoms with van der Waals surface area (Å²) in [5.74, 6) is 1.35. The Bertz CT molecular complexity index is 544. The monoisotopic (exact) mass is 272 g/mol. The second kappa shape index (κ2) is 6.19. The van der Waals surface area contributed by atoms with Gasteiger partial charge in [0, 0.05) is 0 Å². The van der Waals surface area contributed by atoms with Crippen molar-refractivity contribution in [2.75, 3.05) is 24.7 Å². The SMILES string of the molecule is Cc1ccc(OCCOc2ccc(C)cc2N)c(N)c1. The van der Waals surface area contributed by atoms with Crippen molar-refractivity contribution in [3.05, 3.63) is 47.5 Å². The zero-order valence-electron chi connectivity index (χ0n) is 11.8. The van der Waals surface area contributed by atoms with Crippen LogP contribution in [0.3, 0.4) is 0 Å². The van der Waals surface area contributed by atoms with Gasteiger partial charge in [-0.15, -0.1) is 0 Å². The highest BCUT2D eigenvalue weighted by Gasteiger charge is 2.02. The Hall–Kier alpha value is -2.36. The van der Waals surface area contributed by atoms with Crippen LogP contribution in [0.15, 0.2) is 36.4 Å². The van der Waals surface area contributed by atoms with Gasteiger partial charge < -0.3 is 20.9 Å². The van der Waals surface area contributed by atoms with Gasteiger partial charge in [-0.2, -0.15) is 0 Å². The fourth-order valence-electron chi connectivity index (χ4n) is 1.90. The third kappa shape index (κ3) is 3.57. The van der Waals surface area contributed by atoms with Crippen molar-refractivity contribution in [2.24, 2.45) is 0 Å². The average molecular weight is 272 g/mol. The average Bonchev–Trinajstić information content (AvgIpc) is 2.39. The molecule has 0 amide bonds. The van der Waals surface area contributed by atoms with Crippen molar-refractivity contribution in [2.45, 2.75) is 13.8 Å². The maximum atomic E-state index is 5.87. The van der Waals surface area contributed by atoms with Gasteiger partial charge in [0.15, 0.2) is 0 Å². The predicted octanol–water partition coefficient (Wildman–Crippen LogP) is 2.93. The van der Waals surface area contributed by atoms with E-state index in [9.17, 15) is 0 Å². The van der Waals surface area contributed by atoms with Gasteiger partial charge in [0.05, 0.1) is 11.4 Å². The molecule has 0 heterocycles. The summed E-state index contributed by atoms with van der Waals surface area (Å²) in [7, 11) is 0. The second-order valence-corrected chi connectivity index (χ2v) is 4.78. The molecule has 0 fully saturated rings. The number of hydrogen-bond donors (Lipinski definition) is 2. The van der Waals surface area contributed by atoms with Crippen LogP contribution in [-0.4, -0.2) is 13.2 Å². The maximum Gasteiger partial charge on any atom is 0.142 e. The van der Waals surface area contributed by atoms with Crippen molar-refractivity contribution in [3.8, 4) is 11.5 Å². The van der Waals surface area contributed by atoms with Crippen molar-refractivity contribution in [1.82, 2.24) is 0 Å².